The van der Waals surface area contributed by atoms with Crippen LogP contribution < -0.4 is 0 Å². The first-order valence-electron chi connectivity index (χ1n) is 7.14. The number of carboxylic acids is 1. The second-order valence-corrected chi connectivity index (χ2v) is 6.35. The molecule has 124 valence electrons. The molecule has 0 aliphatic carbocycles. The second kappa shape index (κ2) is 6.68. The Balaban J connectivity index is 2.11. The third kappa shape index (κ3) is 3.17. The lowest BCUT2D eigenvalue weighted by molar-refractivity contribution is 0.0690. The van der Waals surface area contributed by atoms with Crippen LogP contribution in [-0.2, 0) is 0 Å². The molecule has 0 saturated carbocycles. The van der Waals surface area contributed by atoms with Crippen LogP contribution in [0.2, 0.25) is 0 Å². The Kier molecular flexibility index (Phi) is 4.62. The van der Waals surface area contributed by atoms with E-state index in [1.807, 2.05) is 6.08 Å². The summed E-state index contributed by atoms with van der Waals surface area (Å²) in [6.07, 6.45) is 2.61. The van der Waals surface area contributed by atoms with E-state index in [9.17, 15) is 18.0 Å². The molecular formula is C17H12F3NO2S. The fraction of sp³-hybridized carbons (Fsp3) is 0.176. The highest BCUT2D eigenvalue weighted by molar-refractivity contribution is 7.99. The molecule has 3 nitrogen and oxygen atoms in total. The van der Waals surface area contributed by atoms with Gasteiger partial charge in [0.05, 0.1) is 5.56 Å². The van der Waals surface area contributed by atoms with Gasteiger partial charge in [-0.05, 0) is 47.6 Å². The number of aromatic nitrogens is 1. The van der Waals surface area contributed by atoms with Gasteiger partial charge >= 0.3 is 5.97 Å². The first kappa shape index (κ1) is 16.6. The highest BCUT2D eigenvalue weighted by Gasteiger charge is 2.21. The van der Waals surface area contributed by atoms with Crippen LogP contribution in [-0.4, -0.2) is 27.6 Å². The molecule has 3 rings (SSSR count). The summed E-state index contributed by atoms with van der Waals surface area (Å²) >= 11 is 1.73. The van der Waals surface area contributed by atoms with Gasteiger partial charge in [-0.1, -0.05) is 6.08 Å². The van der Waals surface area contributed by atoms with Crippen LogP contribution >= 0.6 is 11.8 Å². The predicted octanol–water partition coefficient (Wildman–Crippen LogP) is 4.38. The van der Waals surface area contributed by atoms with E-state index in [0.29, 0.717) is 12.0 Å². The lowest BCUT2D eigenvalue weighted by atomic mass is 9.99. The number of hydrogen-bond acceptors (Lipinski definition) is 3. The van der Waals surface area contributed by atoms with Crippen molar-refractivity contribution in [1.82, 2.24) is 4.98 Å². The van der Waals surface area contributed by atoms with E-state index in [1.165, 1.54) is 0 Å². The van der Waals surface area contributed by atoms with E-state index < -0.39 is 40.4 Å². The lowest BCUT2D eigenvalue weighted by Crippen LogP contribution is -2.05. The standard InChI is InChI=1S/C17H12F3NO2S/c18-11-1-2-14(17(22)23)21-16(11)15-12(19)7-10(8-13(15)20)9-3-5-24-6-4-9/h1-3,7-8H,4-6H2,(H,22,23). The molecule has 0 spiro atoms. The van der Waals surface area contributed by atoms with Gasteiger partial charge < -0.3 is 5.11 Å². The Morgan fingerprint density at radius 3 is 2.42 bits per heavy atom. The first-order valence-corrected chi connectivity index (χ1v) is 8.29. The molecule has 0 bridgehead atoms. The summed E-state index contributed by atoms with van der Waals surface area (Å²) in [5.41, 5.74) is -0.550. The average Bonchev–Trinajstić information content (AvgIpc) is 2.56. The number of thioether (sulfide) groups is 1. The molecule has 1 aliphatic rings. The molecular weight excluding hydrogens is 339 g/mol. The topological polar surface area (TPSA) is 50.2 Å². The molecule has 7 heteroatoms. The van der Waals surface area contributed by atoms with Crippen LogP contribution in [0.3, 0.4) is 0 Å². The molecule has 0 saturated heterocycles. The molecule has 0 radical (unpaired) electrons. The molecule has 0 fully saturated rings. The number of allylic oxidation sites excluding steroid dienone is 1. The summed E-state index contributed by atoms with van der Waals surface area (Å²) in [6.45, 7) is 0. The summed E-state index contributed by atoms with van der Waals surface area (Å²) in [6, 6.07) is 4.04. The maximum atomic E-state index is 14.4. The zero-order valence-corrected chi connectivity index (χ0v) is 13.2. The molecule has 2 aromatic rings. The van der Waals surface area contributed by atoms with Crippen molar-refractivity contribution in [3.8, 4) is 11.3 Å². The summed E-state index contributed by atoms with van der Waals surface area (Å²) in [4.78, 5) is 14.5. The Morgan fingerprint density at radius 1 is 1.12 bits per heavy atom. The molecule has 24 heavy (non-hydrogen) atoms. The van der Waals surface area contributed by atoms with Gasteiger partial charge in [-0.2, -0.15) is 11.8 Å². The van der Waals surface area contributed by atoms with Gasteiger partial charge in [-0.15, -0.1) is 0 Å². The van der Waals surface area contributed by atoms with Crippen molar-refractivity contribution >= 4 is 23.3 Å². The Morgan fingerprint density at radius 2 is 1.83 bits per heavy atom. The molecule has 0 unspecified atom stereocenters. The summed E-state index contributed by atoms with van der Waals surface area (Å²) in [5.74, 6) is -2.70. The molecule has 1 aliphatic heterocycles. The quantitative estimate of drug-likeness (QED) is 0.891. The molecule has 1 aromatic carbocycles. The summed E-state index contributed by atoms with van der Waals surface area (Å²) in [5, 5.41) is 8.92. The van der Waals surface area contributed by atoms with Gasteiger partial charge in [0, 0.05) is 5.75 Å². The SMILES string of the molecule is O=C(O)c1ccc(F)c(-c2c(F)cc(C3=CCSCC3)cc2F)n1. The number of nitrogens with zero attached hydrogens (tertiary/aromatic N) is 1. The van der Waals surface area contributed by atoms with Gasteiger partial charge in [0.25, 0.3) is 0 Å². The zero-order valence-electron chi connectivity index (χ0n) is 12.4. The van der Waals surface area contributed by atoms with E-state index in [0.717, 1.165) is 41.3 Å². The van der Waals surface area contributed by atoms with Gasteiger partial charge in [0.2, 0.25) is 0 Å². The van der Waals surface area contributed by atoms with Crippen LogP contribution in [0.4, 0.5) is 13.2 Å². The minimum absolute atomic E-state index is 0.406. The maximum absolute atomic E-state index is 14.4. The molecule has 0 amide bonds. The van der Waals surface area contributed by atoms with Gasteiger partial charge in [-0.25, -0.2) is 22.9 Å². The first-order chi connectivity index (χ1) is 11.5. The van der Waals surface area contributed by atoms with Crippen molar-refractivity contribution in [2.45, 2.75) is 6.42 Å². The van der Waals surface area contributed by atoms with Crippen molar-refractivity contribution < 1.29 is 23.1 Å². The lowest BCUT2D eigenvalue weighted by Gasteiger charge is -2.14. The van der Waals surface area contributed by atoms with E-state index in [1.54, 1.807) is 11.8 Å². The number of carboxylic acid groups (broad SMARTS) is 1. The van der Waals surface area contributed by atoms with Crippen LogP contribution in [0.1, 0.15) is 22.5 Å². The van der Waals surface area contributed by atoms with Crippen molar-refractivity contribution in [3.63, 3.8) is 0 Å². The third-order valence-corrected chi connectivity index (χ3v) is 4.57. The van der Waals surface area contributed by atoms with Gasteiger partial charge in [0.15, 0.2) is 0 Å². The van der Waals surface area contributed by atoms with E-state index in [2.05, 4.69) is 4.98 Å². The highest BCUT2D eigenvalue weighted by atomic mass is 32.2. The van der Waals surface area contributed by atoms with Crippen LogP contribution in [0, 0.1) is 17.5 Å². The number of halogens is 3. The Bertz CT molecular complexity index is 829. The minimum atomic E-state index is -1.40. The largest absolute Gasteiger partial charge is 0.477 e. The summed E-state index contributed by atoms with van der Waals surface area (Å²) in [7, 11) is 0. The van der Waals surface area contributed by atoms with E-state index in [4.69, 9.17) is 5.11 Å². The van der Waals surface area contributed by atoms with Crippen molar-refractivity contribution in [3.05, 3.63) is 59.1 Å². The second-order valence-electron chi connectivity index (χ2n) is 5.20. The fourth-order valence-corrected chi connectivity index (χ4v) is 3.36. The average molecular weight is 351 g/mol. The number of aromatic carboxylic acids is 1. The molecule has 0 atom stereocenters. The third-order valence-electron chi connectivity index (χ3n) is 3.68. The molecule has 1 N–H and O–H groups in total. The van der Waals surface area contributed by atoms with Crippen LogP contribution in [0.5, 0.6) is 0 Å². The van der Waals surface area contributed by atoms with Crippen LogP contribution in [0.25, 0.3) is 16.8 Å². The van der Waals surface area contributed by atoms with Crippen molar-refractivity contribution in [1.29, 1.82) is 0 Å². The number of benzene rings is 1. The summed E-state index contributed by atoms with van der Waals surface area (Å²) < 4.78 is 42.8. The number of rotatable bonds is 3. The molecule has 2 heterocycles. The minimum Gasteiger partial charge on any atom is -0.477 e. The fourth-order valence-electron chi connectivity index (χ4n) is 2.51. The monoisotopic (exact) mass is 351 g/mol. The van der Waals surface area contributed by atoms with Gasteiger partial charge in [-0.3, -0.25) is 0 Å². The maximum Gasteiger partial charge on any atom is 0.354 e. The predicted molar refractivity (Wildman–Crippen MR) is 86.4 cm³/mol. The Labute approximate surface area is 140 Å². The number of hydrogen-bond donors (Lipinski definition) is 1. The van der Waals surface area contributed by atoms with E-state index in [-0.39, 0.29) is 0 Å². The zero-order chi connectivity index (χ0) is 17.3. The van der Waals surface area contributed by atoms with Crippen LogP contribution in [0.15, 0.2) is 30.3 Å². The molecule has 1 aromatic heterocycles. The number of carbonyl (C=O) groups is 1. The van der Waals surface area contributed by atoms with Crippen molar-refractivity contribution in [2.75, 3.05) is 11.5 Å². The van der Waals surface area contributed by atoms with Crippen molar-refractivity contribution in [2.24, 2.45) is 0 Å². The smallest absolute Gasteiger partial charge is 0.354 e. The van der Waals surface area contributed by atoms with E-state index >= 15 is 0 Å². The Hall–Kier alpha value is -2.28. The highest BCUT2D eigenvalue weighted by Crippen LogP contribution is 2.32. The van der Waals surface area contributed by atoms with Gasteiger partial charge in [0.1, 0.15) is 28.8 Å². The number of pyridine rings is 1. The normalized spacial score (nSPS) is 14.4.